The van der Waals surface area contributed by atoms with E-state index in [2.05, 4.69) is 0 Å². The van der Waals surface area contributed by atoms with Crippen LogP contribution in [0.15, 0.2) is 6.07 Å². The van der Waals surface area contributed by atoms with Crippen LogP contribution >= 0.6 is 11.3 Å². The van der Waals surface area contributed by atoms with Crippen LogP contribution in [0.3, 0.4) is 0 Å². The molecule has 0 saturated heterocycles. The topological polar surface area (TPSA) is 66.8 Å². The molecule has 0 bridgehead atoms. The summed E-state index contributed by atoms with van der Waals surface area (Å²) in [6, 6.07) is 2.00. The molecule has 128 valence electrons. The largest absolute Gasteiger partial charge is 0.481 e. The highest BCUT2D eigenvalue weighted by Crippen LogP contribution is 2.31. The normalized spacial score (nSPS) is 14.5. The van der Waals surface area contributed by atoms with E-state index in [0.29, 0.717) is 19.8 Å². The Morgan fingerprint density at radius 1 is 1.43 bits per heavy atom. The number of thiophene rings is 1. The molecule has 1 heterocycles. The van der Waals surface area contributed by atoms with Gasteiger partial charge in [0.2, 0.25) is 0 Å². The average molecular weight is 339 g/mol. The molecule has 2 rings (SSSR count). The third kappa shape index (κ3) is 4.78. The third-order valence-electron chi connectivity index (χ3n) is 4.08. The first-order valence-corrected chi connectivity index (χ1v) is 9.06. The molecule has 1 aromatic rings. The number of aliphatic carboxylic acids is 1. The molecular weight excluding hydrogens is 314 g/mol. The first kappa shape index (κ1) is 17.9. The van der Waals surface area contributed by atoms with Crippen LogP contribution in [0.25, 0.3) is 0 Å². The van der Waals surface area contributed by atoms with Crippen LogP contribution in [0.5, 0.6) is 0 Å². The summed E-state index contributed by atoms with van der Waals surface area (Å²) < 4.78 is 5.32. The second kappa shape index (κ2) is 8.45. The quantitative estimate of drug-likeness (QED) is 0.703. The Morgan fingerprint density at radius 3 is 2.87 bits per heavy atom. The van der Waals surface area contributed by atoms with Crippen LogP contribution in [0.2, 0.25) is 0 Å². The summed E-state index contributed by atoms with van der Waals surface area (Å²) >= 11 is 1.57. The summed E-state index contributed by atoms with van der Waals surface area (Å²) in [5.74, 6) is -1.49. The van der Waals surface area contributed by atoms with Crippen molar-refractivity contribution in [3.63, 3.8) is 0 Å². The van der Waals surface area contributed by atoms with Gasteiger partial charge >= 0.3 is 5.97 Å². The van der Waals surface area contributed by atoms with Gasteiger partial charge in [-0.25, -0.2) is 0 Å². The van der Waals surface area contributed by atoms with Gasteiger partial charge in [-0.1, -0.05) is 6.92 Å². The Balaban J connectivity index is 2.03. The number of rotatable bonds is 9. The number of carbonyl (C=O) groups excluding carboxylic acids is 1. The Bertz CT molecular complexity index is 533. The number of nitrogens with zero attached hydrogens (tertiary/aromatic N) is 1. The van der Waals surface area contributed by atoms with E-state index in [0.717, 1.165) is 24.1 Å². The highest BCUT2D eigenvalue weighted by molar-refractivity contribution is 7.14. The molecule has 1 aliphatic carbocycles. The van der Waals surface area contributed by atoms with E-state index in [4.69, 9.17) is 9.84 Å². The summed E-state index contributed by atoms with van der Waals surface area (Å²) in [5, 5.41) is 9.13. The minimum atomic E-state index is -0.874. The number of hydrogen-bond acceptors (Lipinski definition) is 4. The van der Waals surface area contributed by atoms with Crippen molar-refractivity contribution >= 4 is 23.2 Å². The van der Waals surface area contributed by atoms with Crippen molar-refractivity contribution in [1.82, 2.24) is 4.90 Å². The number of carboxylic acids is 1. The number of hydrogen-bond donors (Lipinski definition) is 1. The lowest BCUT2D eigenvalue weighted by Crippen LogP contribution is -2.37. The van der Waals surface area contributed by atoms with Gasteiger partial charge < -0.3 is 14.7 Å². The van der Waals surface area contributed by atoms with Gasteiger partial charge in [0.25, 0.3) is 5.91 Å². The summed E-state index contributed by atoms with van der Waals surface area (Å²) in [6.07, 6.45) is 4.00. The highest BCUT2D eigenvalue weighted by Gasteiger charge is 2.25. The molecule has 0 spiro atoms. The van der Waals surface area contributed by atoms with Crippen molar-refractivity contribution in [3.8, 4) is 0 Å². The van der Waals surface area contributed by atoms with Gasteiger partial charge in [-0.3, -0.25) is 9.59 Å². The van der Waals surface area contributed by atoms with Gasteiger partial charge in [0.05, 0.1) is 10.8 Å². The Labute approximate surface area is 141 Å². The molecule has 6 heteroatoms. The number of carbonyl (C=O) groups is 2. The lowest BCUT2D eigenvalue weighted by atomic mass is 10.1. The summed E-state index contributed by atoms with van der Waals surface area (Å²) in [7, 11) is 0. The van der Waals surface area contributed by atoms with Gasteiger partial charge in [0, 0.05) is 31.2 Å². The molecule has 1 N–H and O–H groups in total. The van der Waals surface area contributed by atoms with E-state index < -0.39 is 11.9 Å². The van der Waals surface area contributed by atoms with Crippen molar-refractivity contribution < 1.29 is 19.4 Å². The van der Waals surface area contributed by atoms with Crippen LogP contribution in [0, 0.1) is 5.92 Å². The average Bonchev–Trinajstić information content (AvgIpc) is 3.10. The van der Waals surface area contributed by atoms with E-state index in [9.17, 15) is 9.59 Å². The monoisotopic (exact) mass is 339 g/mol. The van der Waals surface area contributed by atoms with Crippen molar-refractivity contribution in [2.45, 2.75) is 39.5 Å². The van der Waals surface area contributed by atoms with Crippen molar-refractivity contribution in [2.75, 3.05) is 26.3 Å². The van der Waals surface area contributed by atoms with Crippen molar-refractivity contribution in [3.05, 3.63) is 21.4 Å². The van der Waals surface area contributed by atoms with Crippen molar-refractivity contribution in [1.29, 1.82) is 0 Å². The Morgan fingerprint density at radius 2 is 2.22 bits per heavy atom. The predicted octanol–water partition coefficient (Wildman–Crippen LogP) is 2.83. The van der Waals surface area contributed by atoms with Crippen LogP contribution in [0.4, 0.5) is 0 Å². The molecule has 1 aromatic heterocycles. The fourth-order valence-electron chi connectivity index (χ4n) is 2.78. The Hall–Kier alpha value is -1.40. The molecule has 23 heavy (non-hydrogen) atoms. The number of carboxylic acid groups (broad SMARTS) is 1. The smallest absolute Gasteiger partial charge is 0.308 e. The van der Waals surface area contributed by atoms with E-state index in [-0.39, 0.29) is 12.5 Å². The molecule has 0 aliphatic heterocycles. The van der Waals surface area contributed by atoms with Crippen LogP contribution in [-0.4, -0.2) is 48.2 Å². The SMILES string of the molecule is CCOCCCN(CC(C)C(=O)O)C(=O)c1cc2c(s1)CCC2. The lowest BCUT2D eigenvalue weighted by molar-refractivity contribution is -0.141. The van der Waals surface area contributed by atoms with Gasteiger partial charge in [-0.2, -0.15) is 0 Å². The minimum Gasteiger partial charge on any atom is -0.481 e. The molecule has 0 aromatic carbocycles. The fraction of sp³-hybridized carbons (Fsp3) is 0.647. The van der Waals surface area contributed by atoms with E-state index in [1.807, 2.05) is 13.0 Å². The first-order chi connectivity index (χ1) is 11.0. The molecule has 1 amide bonds. The molecule has 0 saturated carbocycles. The number of aryl methyl sites for hydroxylation is 2. The molecule has 1 aliphatic rings. The maximum absolute atomic E-state index is 12.8. The predicted molar refractivity (Wildman–Crippen MR) is 90.2 cm³/mol. The Kier molecular flexibility index (Phi) is 6.59. The zero-order valence-electron chi connectivity index (χ0n) is 13.8. The number of fused-ring (bicyclic) bond motifs is 1. The molecule has 1 atom stereocenters. The molecule has 0 radical (unpaired) electrons. The second-order valence-corrected chi connectivity index (χ2v) is 7.09. The zero-order chi connectivity index (χ0) is 16.8. The summed E-state index contributed by atoms with van der Waals surface area (Å²) in [4.78, 5) is 27.6. The first-order valence-electron chi connectivity index (χ1n) is 8.24. The third-order valence-corrected chi connectivity index (χ3v) is 5.31. The highest BCUT2D eigenvalue weighted by atomic mass is 32.1. The van der Waals surface area contributed by atoms with Crippen molar-refractivity contribution in [2.24, 2.45) is 5.92 Å². The lowest BCUT2D eigenvalue weighted by Gasteiger charge is -2.24. The molecule has 1 unspecified atom stereocenters. The standard InChI is InChI=1S/C17H25NO4S/c1-3-22-9-5-8-18(11-12(2)17(20)21)16(19)15-10-13-6-4-7-14(13)23-15/h10,12H,3-9,11H2,1-2H3,(H,20,21). The van der Waals surface area contributed by atoms with Gasteiger partial charge in [0.15, 0.2) is 0 Å². The van der Waals surface area contributed by atoms with E-state index in [1.54, 1.807) is 23.2 Å². The van der Waals surface area contributed by atoms with Gasteiger partial charge in [-0.15, -0.1) is 11.3 Å². The molecule has 0 fully saturated rings. The van der Waals surface area contributed by atoms with Gasteiger partial charge in [0.1, 0.15) is 0 Å². The van der Waals surface area contributed by atoms with Crippen LogP contribution in [-0.2, 0) is 22.4 Å². The fourth-order valence-corrected chi connectivity index (χ4v) is 4.00. The number of ether oxygens (including phenoxy) is 1. The van der Waals surface area contributed by atoms with E-state index in [1.165, 1.54) is 16.9 Å². The van der Waals surface area contributed by atoms with Crippen LogP contribution < -0.4 is 0 Å². The summed E-state index contributed by atoms with van der Waals surface area (Å²) in [5.41, 5.74) is 1.29. The zero-order valence-corrected chi connectivity index (χ0v) is 14.7. The van der Waals surface area contributed by atoms with Crippen LogP contribution in [0.1, 0.15) is 46.8 Å². The second-order valence-electron chi connectivity index (χ2n) is 5.95. The van der Waals surface area contributed by atoms with E-state index >= 15 is 0 Å². The maximum Gasteiger partial charge on any atom is 0.308 e. The number of amides is 1. The molecule has 5 nitrogen and oxygen atoms in total. The summed E-state index contributed by atoms with van der Waals surface area (Å²) in [6.45, 7) is 5.57. The minimum absolute atomic E-state index is 0.0472. The molecular formula is C17H25NO4S. The van der Waals surface area contributed by atoms with Gasteiger partial charge in [-0.05, 0) is 44.2 Å². The maximum atomic E-state index is 12.8.